The van der Waals surface area contributed by atoms with Crippen LogP contribution in [0.5, 0.6) is 5.75 Å². The molecule has 0 saturated heterocycles. The van der Waals surface area contributed by atoms with Gasteiger partial charge >= 0.3 is 0 Å². The fourth-order valence-corrected chi connectivity index (χ4v) is 3.46. The first-order valence-corrected chi connectivity index (χ1v) is 8.01. The van der Waals surface area contributed by atoms with Gasteiger partial charge in [-0.05, 0) is 49.7 Å². The van der Waals surface area contributed by atoms with Crippen molar-refractivity contribution < 1.29 is 4.74 Å². The molecule has 1 N–H and O–H groups in total. The van der Waals surface area contributed by atoms with Crippen molar-refractivity contribution in [3.8, 4) is 5.75 Å². The Balaban J connectivity index is 2.27. The Morgan fingerprint density at radius 2 is 2.15 bits per heavy atom. The summed E-state index contributed by atoms with van der Waals surface area (Å²) in [6, 6.07) is 10.5. The molecule has 0 bridgehead atoms. The summed E-state index contributed by atoms with van der Waals surface area (Å²) in [5.74, 6) is 0.920. The lowest BCUT2D eigenvalue weighted by Gasteiger charge is -2.16. The number of nitrogens with one attached hydrogen (secondary N) is 1. The zero-order valence-electron chi connectivity index (χ0n) is 12.1. The minimum Gasteiger partial charge on any atom is -0.494 e. The standard InChI is InChI=1S/C16H20ClNOS/c1-4-8-19-13-7-5-6-12(10-13)15(18-3)14-9-11(2)16(17)20-14/h5-7,9-10,15,18H,4,8H2,1-3H3. The average Bonchev–Trinajstić information content (AvgIpc) is 2.77. The van der Waals surface area contributed by atoms with Gasteiger partial charge in [-0.25, -0.2) is 0 Å². The van der Waals surface area contributed by atoms with Crippen molar-refractivity contribution in [3.63, 3.8) is 0 Å². The van der Waals surface area contributed by atoms with E-state index in [-0.39, 0.29) is 6.04 Å². The van der Waals surface area contributed by atoms with Crippen LogP contribution >= 0.6 is 22.9 Å². The van der Waals surface area contributed by atoms with Gasteiger partial charge in [0.05, 0.1) is 17.0 Å². The van der Waals surface area contributed by atoms with Gasteiger partial charge in [-0.15, -0.1) is 11.3 Å². The molecular weight excluding hydrogens is 290 g/mol. The molecule has 1 unspecified atom stereocenters. The summed E-state index contributed by atoms with van der Waals surface area (Å²) in [6.45, 7) is 4.89. The first-order valence-electron chi connectivity index (χ1n) is 6.81. The molecule has 108 valence electrons. The summed E-state index contributed by atoms with van der Waals surface area (Å²) in [7, 11) is 1.97. The van der Waals surface area contributed by atoms with Crippen LogP contribution in [0.2, 0.25) is 4.34 Å². The van der Waals surface area contributed by atoms with Gasteiger partial charge in [0.2, 0.25) is 0 Å². The summed E-state index contributed by atoms with van der Waals surface area (Å²) in [4.78, 5) is 1.22. The largest absolute Gasteiger partial charge is 0.494 e. The molecule has 0 fully saturated rings. The molecule has 0 aliphatic carbocycles. The minimum atomic E-state index is 0.149. The van der Waals surface area contributed by atoms with Gasteiger partial charge in [-0.2, -0.15) is 0 Å². The molecule has 0 radical (unpaired) electrons. The van der Waals surface area contributed by atoms with Crippen molar-refractivity contribution in [1.29, 1.82) is 0 Å². The number of halogens is 1. The highest BCUT2D eigenvalue weighted by Crippen LogP contribution is 2.34. The fourth-order valence-electron chi connectivity index (χ4n) is 2.10. The van der Waals surface area contributed by atoms with E-state index in [9.17, 15) is 0 Å². The number of ether oxygens (including phenoxy) is 1. The third-order valence-corrected chi connectivity index (χ3v) is 4.73. The first-order chi connectivity index (χ1) is 9.65. The smallest absolute Gasteiger partial charge is 0.119 e. The van der Waals surface area contributed by atoms with Crippen molar-refractivity contribution in [1.82, 2.24) is 5.32 Å². The number of rotatable bonds is 6. The highest BCUT2D eigenvalue weighted by atomic mass is 35.5. The molecule has 1 aromatic carbocycles. The van der Waals surface area contributed by atoms with E-state index < -0.39 is 0 Å². The Morgan fingerprint density at radius 3 is 2.75 bits per heavy atom. The molecule has 1 heterocycles. The van der Waals surface area contributed by atoms with Crippen LogP contribution in [0.4, 0.5) is 0 Å². The van der Waals surface area contributed by atoms with Crippen molar-refractivity contribution in [2.24, 2.45) is 0 Å². The van der Waals surface area contributed by atoms with E-state index >= 15 is 0 Å². The molecule has 4 heteroatoms. The second-order valence-electron chi connectivity index (χ2n) is 4.75. The molecule has 0 saturated carbocycles. The minimum absolute atomic E-state index is 0.149. The van der Waals surface area contributed by atoms with Gasteiger partial charge in [0.25, 0.3) is 0 Å². The van der Waals surface area contributed by atoms with Gasteiger partial charge < -0.3 is 10.1 Å². The molecule has 2 aromatic rings. The molecule has 1 atom stereocenters. The number of benzene rings is 1. The van der Waals surface area contributed by atoms with E-state index in [1.165, 1.54) is 10.4 Å². The highest BCUT2D eigenvalue weighted by molar-refractivity contribution is 7.16. The Bertz CT molecular complexity index is 548. The molecule has 0 aliphatic rings. The fraction of sp³-hybridized carbons (Fsp3) is 0.375. The summed E-state index contributed by atoms with van der Waals surface area (Å²) >= 11 is 7.81. The Morgan fingerprint density at radius 1 is 1.35 bits per heavy atom. The van der Waals surface area contributed by atoms with Gasteiger partial charge in [-0.3, -0.25) is 0 Å². The van der Waals surface area contributed by atoms with E-state index in [0.717, 1.165) is 28.7 Å². The van der Waals surface area contributed by atoms with Crippen LogP contribution in [0.1, 0.15) is 35.4 Å². The van der Waals surface area contributed by atoms with Crippen LogP contribution in [-0.4, -0.2) is 13.7 Å². The van der Waals surface area contributed by atoms with Gasteiger partial charge in [0.15, 0.2) is 0 Å². The van der Waals surface area contributed by atoms with Crippen LogP contribution in [0.25, 0.3) is 0 Å². The molecule has 2 rings (SSSR count). The summed E-state index contributed by atoms with van der Waals surface area (Å²) in [5.41, 5.74) is 2.32. The summed E-state index contributed by atoms with van der Waals surface area (Å²) in [5, 5.41) is 3.35. The molecule has 0 aliphatic heterocycles. The highest BCUT2D eigenvalue weighted by Gasteiger charge is 2.16. The predicted octanol–water partition coefficient (Wildman–Crippen LogP) is 4.81. The average molecular weight is 310 g/mol. The normalized spacial score (nSPS) is 12.4. The SMILES string of the molecule is CCCOc1cccc(C(NC)c2cc(C)c(Cl)s2)c1. The third kappa shape index (κ3) is 3.54. The Kier molecular flexibility index (Phi) is 5.46. The second-order valence-corrected chi connectivity index (χ2v) is 6.43. The van der Waals surface area contributed by atoms with Gasteiger partial charge in [0.1, 0.15) is 5.75 Å². The van der Waals surface area contributed by atoms with E-state index in [1.807, 2.05) is 26.1 Å². The maximum atomic E-state index is 6.18. The quantitative estimate of drug-likeness (QED) is 0.827. The third-order valence-electron chi connectivity index (χ3n) is 3.11. The Labute approximate surface area is 129 Å². The zero-order valence-corrected chi connectivity index (χ0v) is 13.6. The van der Waals surface area contributed by atoms with Crippen molar-refractivity contribution in [2.75, 3.05) is 13.7 Å². The summed E-state index contributed by atoms with van der Waals surface area (Å²) < 4.78 is 6.56. The number of thiophene rings is 1. The summed E-state index contributed by atoms with van der Waals surface area (Å²) in [6.07, 6.45) is 1.01. The lowest BCUT2D eigenvalue weighted by molar-refractivity contribution is 0.317. The molecule has 2 nitrogen and oxygen atoms in total. The molecule has 0 amide bonds. The van der Waals surface area contributed by atoms with E-state index in [1.54, 1.807) is 11.3 Å². The zero-order chi connectivity index (χ0) is 14.5. The van der Waals surface area contributed by atoms with E-state index in [0.29, 0.717) is 0 Å². The van der Waals surface area contributed by atoms with Crippen LogP contribution in [0, 0.1) is 6.92 Å². The monoisotopic (exact) mass is 309 g/mol. The molecular formula is C16H20ClNOS. The van der Waals surface area contributed by atoms with Crippen molar-refractivity contribution in [3.05, 3.63) is 50.7 Å². The second kappa shape index (κ2) is 7.11. The van der Waals surface area contributed by atoms with Crippen molar-refractivity contribution >= 4 is 22.9 Å². The van der Waals surface area contributed by atoms with Crippen LogP contribution in [0.15, 0.2) is 30.3 Å². The van der Waals surface area contributed by atoms with Gasteiger partial charge in [-0.1, -0.05) is 30.7 Å². The van der Waals surface area contributed by atoms with Crippen LogP contribution in [0.3, 0.4) is 0 Å². The number of hydrogen-bond acceptors (Lipinski definition) is 3. The predicted molar refractivity (Wildman–Crippen MR) is 87.2 cm³/mol. The van der Waals surface area contributed by atoms with Crippen molar-refractivity contribution in [2.45, 2.75) is 26.3 Å². The van der Waals surface area contributed by atoms with Crippen LogP contribution < -0.4 is 10.1 Å². The number of hydrogen-bond donors (Lipinski definition) is 1. The first kappa shape index (κ1) is 15.4. The molecule has 1 aromatic heterocycles. The molecule has 0 spiro atoms. The lowest BCUT2D eigenvalue weighted by Crippen LogP contribution is -2.16. The van der Waals surface area contributed by atoms with E-state index in [4.69, 9.17) is 16.3 Å². The topological polar surface area (TPSA) is 21.3 Å². The van der Waals surface area contributed by atoms with Crippen LogP contribution in [-0.2, 0) is 0 Å². The van der Waals surface area contributed by atoms with E-state index in [2.05, 4.69) is 30.4 Å². The van der Waals surface area contributed by atoms with Gasteiger partial charge in [0, 0.05) is 4.88 Å². The number of aryl methyl sites for hydroxylation is 1. The Hall–Kier alpha value is -1.03. The lowest BCUT2D eigenvalue weighted by atomic mass is 10.0. The maximum absolute atomic E-state index is 6.18. The maximum Gasteiger partial charge on any atom is 0.119 e. The molecule has 20 heavy (non-hydrogen) atoms.